The van der Waals surface area contributed by atoms with E-state index in [2.05, 4.69) is 38.1 Å². The summed E-state index contributed by atoms with van der Waals surface area (Å²) in [6.07, 6.45) is 0. The quantitative estimate of drug-likeness (QED) is 0.874. The molecule has 0 unspecified atom stereocenters. The highest BCUT2D eigenvalue weighted by Gasteiger charge is 2.04. The van der Waals surface area contributed by atoms with Gasteiger partial charge in [-0.15, -0.1) is 0 Å². The first-order valence-corrected chi connectivity index (χ1v) is 8.17. The fourth-order valence-corrected chi connectivity index (χ4v) is 1.78. The molecular weight excluding hydrogens is 288 g/mol. The van der Waals surface area contributed by atoms with Crippen LogP contribution in [0.1, 0.15) is 25.3 Å². The van der Waals surface area contributed by atoms with Crippen LogP contribution < -0.4 is 4.74 Å². The maximum atomic E-state index is 10.2. The minimum absolute atomic E-state index is 0.412. The Balaban J connectivity index is 0.000000219. The van der Waals surface area contributed by atoms with Crippen molar-refractivity contribution in [3.05, 3.63) is 66.2 Å². The van der Waals surface area contributed by atoms with Crippen LogP contribution in [-0.2, 0) is 10.1 Å². The second-order valence-electron chi connectivity index (χ2n) is 4.72. The maximum absolute atomic E-state index is 10.2. The molecule has 2 aromatic carbocycles. The van der Waals surface area contributed by atoms with Crippen molar-refractivity contribution in [2.45, 2.75) is 19.8 Å². The molecule has 0 amide bonds. The van der Waals surface area contributed by atoms with Gasteiger partial charge in [0.05, 0.1) is 0 Å². The molecule has 0 bridgehead atoms. The van der Waals surface area contributed by atoms with Crippen LogP contribution >= 0.6 is 0 Å². The standard InChI is InChI=1S/C9H12.C7H8O4S/c1-8(2)9-6-4-3-5-7-9;8-12(9,10)6-11-7-4-2-1-3-5-7/h3-8H,1-2H3;1-5H,6H2,(H,8,9,10). The molecule has 0 fully saturated rings. The zero-order valence-corrected chi connectivity index (χ0v) is 13.0. The summed E-state index contributed by atoms with van der Waals surface area (Å²) in [4.78, 5) is 0. The summed E-state index contributed by atoms with van der Waals surface area (Å²) in [7, 11) is -4.04. The van der Waals surface area contributed by atoms with Gasteiger partial charge < -0.3 is 4.74 Å². The van der Waals surface area contributed by atoms with E-state index >= 15 is 0 Å². The Labute approximate surface area is 126 Å². The van der Waals surface area contributed by atoms with Crippen molar-refractivity contribution in [3.63, 3.8) is 0 Å². The van der Waals surface area contributed by atoms with Crippen molar-refractivity contribution < 1.29 is 17.7 Å². The van der Waals surface area contributed by atoms with Crippen LogP contribution in [0.25, 0.3) is 0 Å². The Bertz CT molecular complexity index is 607. The molecule has 0 spiro atoms. The molecule has 0 aliphatic carbocycles. The lowest BCUT2D eigenvalue weighted by Crippen LogP contribution is -2.10. The first kappa shape index (κ1) is 17.2. The van der Waals surface area contributed by atoms with Crippen molar-refractivity contribution >= 4 is 10.1 Å². The van der Waals surface area contributed by atoms with Crippen LogP contribution in [0.15, 0.2) is 60.7 Å². The van der Waals surface area contributed by atoms with Gasteiger partial charge >= 0.3 is 10.1 Å². The number of benzene rings is 2. The van der Waals surface area contributed by atoms with Gasteiger partial charge in [-0.2, -0.15) is 8.42 Å². The smallest absolute Gasteiger partial charge is 0.300 e. The van der Waals surface area contributed by atoms with Gasteiger partial charge in [0.25, 0.3) is 0 Å². The molecule has 114 valence electrons. The van der Waals surface area contributed by atoms with E-state index in [0.29, 0.717) is 11.7 Å². The summed E-state index contributed by atoms with van der Waals surface area (Å²) >= 11 is 0. The predicted octanol–water partition coefficient (Wildman–Crippen LogP) is 3.72. The van der Waals surface area contributed by atoms with Gasteiger partial charge in [-0.1, -0.05) is 62.4 Å². The number of hydrogen-bond acceptors (Lipinski definition) is 3. The maximum Gasteiger partial charge on any atom is 0.300 e. The van der Waals surface area contributed by atoms with Crippen molar-refractivity contribution in [1.82, 2.24) is 0 Å². The average Bonchev–Trinajstić information content (AvgIpc) is 2.47. The number of rotatable bonds is 4. The van der Waals surface area contributed by atoms with Crippen LogP contribution in [0.4, 0.5) is 0 Å². The zero-order valence-electron chi connectivity index (χ0n) is 12.1. The van der Waals surface area contributed by atoms with E-state index in [0.717, 1.165) is 0 Å². The third-order valence-electron chi connectivity index (χ3n) is 2.58. The number of para-hydroxylation sites is 1. The van der Waals surface area contributed by atoms with E-state index in [1.54, 1.807) is 30.3 Å². The Morgan fingerprint density at radius 3 is 1.81 bits per heavy atom. The Morgan fingerprint density at radius 1 is 0.952 bits per heavy atom. The summed E-state index contributed by atoms with van der Waals surface area (Å²) in [6, 6.07) is 18.9. The molecule has 0 aliphatic rings. The van der Waals surface area contributed by atoms with Gasteiger partial charge in [-0.25, -0.2) is 0 Å². The van der Waals surface area contributed by atoms with E-state index in [9.17, 15) is 8.42 Å². The fourth-order valence-electron chi connectivity index (χ4n) is 1.50. The second kappa shape index (κ2) is 8.44. The van der Waals surface area contributed by atoms with E-state index < -0.39 is 16.1 Å². The molecule has 5 heteroatoms. The third kappa shape index (κ3) is 8.12. The molecule has 1 N–H and O–H groups in total. The first-order chi connectivity index (χ1) is 9.88. The molecule has 4 nitrogen and oxygen atoms in total. The summed E-state index contributed by atoms with van der Waals surface area (Å²) in [5, 5.41) is 0. The Kier molecular flexibility index (Phi) is 6.91. The van der Waals surface area contributed by atoms with Crippen molar-refractivity contribution in [2.24, 2.45) is 0 Å². The molecule has 21 heavy (non-hydrogen) atoms. The summed E-state index contributed by atoms with van der Waals surface area (Å²) in [5.41, 5.74) is 1.41. The van der Waals surface area contributed by atoms with Gasteiger partial charge in [0.15, 0.2) is 0 Å². The first-order valence-electron chi connectivity index (χ1n) is 6.56. The number of hydrogen-bond donors (Lipinski definition) is 1. The predicted molar refractivity (Wildman–Crippen MR) is 84.0 cm³/mol. The molecule has 0 heterocycles. The van der Waals surface area contributed by atoms with Crippen LogP contribution in [-0.4, -0.2) is 18.9 Å². The van der Waals surface area contributed by atoms with Crippen LogP contribution in [0, 0.1) is 0 Å². The molecule has 0 atom stereocenters. The van der Waals surface area contributed by atoms with E-state index in [-0.39, 0.29) is 0 Å². The topological polar surface area (TPSA) is 63.6 Å². The fraction of sp³-hybridized carbons (Fsp3) is 0.250. The van der Waals surface area contributed by atoms with Crippen LogP contribution in [0.5, 0.6) is 5.75 Å². The lowest BCUT2D eigenvalue weighted by atomic mass is 10.0. The van der Waals surface area contributed by atoms with Crippen molar-refractivity contribution in [2.75, 3.05) is 5.94 Å². The normalized spacial score (nSPS) is 10.7. The average molecular weight is 308 g/mol. The van der Waals surface area contributed by atoms with Crippen LogP contribution in [0.3, 0.4) is 0 Å². The molecule has 0 saturated carbocycles. The van der Waals surface area contributed by atoms with Gasteiger partial charge in [-0.3, -0.25) is 4.55 Å². The molecule has 0 aliphatic heterocycles. The van der Waals surface area contributed by atoms with Gasteiger partial charge in [0, 0.05) is 0 Å². The highest BCUT2D eigenvalue weighted by atomic mass is 32.2. The van der Waals surface area contributed by atoms with Crippen molar-refractivity contribution in [3.8, 4) is 5.75 Å². The number of ether oxygens (including phenoxy) is 1. The van der Waals surface area contributed by atoms with Crippen molar-refractivity contribution in [1.29, 1.82) is 0 Å². The molecule has 2 rings (SSSR count). The summed E-state index contributed by atoms with van der Waals surface area (Å²) in [5.74, 6) is 0.359. The van der Waals surface area contributed by atoms with Gasteiger partial charge in [-0.05, 0) is 23.6 Å². The molecule has 0 aromatic heterocycles. The van der Waals surface area contributed by atoms with Crippen LogP contribution in [0.2, 0.25) is 0 Å². The van der Waals surface area contributed by atoms with E-state index in [1.165, 1.54) is 5.56 Å². The SMILES string of the molecule is CC(C)c1ccccc1.O=S(=O)(O)COc1ccccc1. The largest absolute Gasteiger partial charge is 0.475 e. The Hall–Kier alpha value is -1.85. The van der Waals surface area contributed by atoms with E-state index in [1.807, 2.05) is 6.07 Å². The lowest BCUT2D eigenvalue weighted by molar-refractivity contribution is 0.353. The Morgan fingerprint density at radius 2 is 1.43 bits per heavy atom. The zero-order chi connectivity index (χ0) is 15.7. The molecule has 0 radical (unpaired) electrons. The highest BCUT2D eigenvalue weighted by Crippen LogP contribution is 2.11. The monoisotopic (exact) mass is 308 g/mol. The van der Waals surface area contributed by atoms with E-state index in [4.69, 9.17) is 9.29 Å². The molecular formula is C16H20O4S. The summed E-state index contributed by atoms with van der Waals surface area (Å²) < 4.78 is 33.5. The lowest BCUT2D eigenvalue weighted by Gasteiger charge is -2.01. The molecule has 2 aromatic rings. The van der Waals surface area contributed by atoms with Gasteiger partial charge in [0.1, 0.15) is 5.75 Å². The highest BCUT2D eigenvalue weighted by molar-refractivity contribution is 7.85. The summed E-state index contributed by atoms with van der Waals surface area (Å²) in [6.45, 7) is 4.41. The van der Waals surface area contributed by atoms with Gasteiger partial charge in [0.2, 0.25) is 5.94 Å². The molecule has 0 saturated heterocycles. The third-order valence-corrected chi connectivity index (χ3v) is 3.00. The minimum atomic E-state index is -4.04. The minimum Gasteiger partial charge on any atom is -0.475 e. The second-order valence-corrected chi connectivity index (χ2v) is 6.12.